The van der Waals surface area contributed by atoms with E-state index in [1.165, 1.54) is 12.1 Å². The number of benzene rings is 2. The van der Waals surface area contributed by atoms with E-state index in [9.17, 15) is 18.0 Å². The number of nitrogens with zero attached hydrogens (tertiary/aromatic N) is 3. The first-order chi connectivity index (χ1) is 19.1. The van der Waals surface area contributed by atoms with Crippen LogP contribution in [0.25, 0.3) is 10.7 Å². The van der Waals surface area contributed by atoms with Crippen LogP contribution in [-0.2, 0) is 19.6 Å². The van der Waals surface area contributed by atoms with E-state index < -0.39 is 28.4 Å². The normalized spacial score (nSPS) is 11.2. The van der Waals surface area contributed by atoms with Crippen molar-refractivity contribution in [3.8, 4) is 16.5 Å². The van der Waals surface area contributed by atoms with Gasteiger partial charge in [0.1, 0.15) is 16.5 Å². The van der Waals surface area contributed by atoms with Crippen molar-refractivity contribution in [1.82, 2.24) is 10.1 Å². The average molecular weight is 585 g/mol. The molecule has 0 radical (unpaired) electrons. The fourth-order valence-electron chi connectivity index (χ4n) is 3.72. The van der Waals surface area contributed by atoms with Gasteiger partial charge in [0, 0.05) is 5.69 Å². The van der Waals surface area contributed by atoms with Crippen LogP contribution in [0.4, 0.5) is 11.4 Å². The largest absolute Gasteiger partial charge is 0.494 e. The Bertz CT molecular complexity index is 1610. The number of carbonyl (C=O) groups is 2. The number of esters is 1. The highest BCUT2D eigenvalue weighted by Gasteiger charge is 2.31. The molecule has 4 rings (SSSR count). The predicted molar refractivity (Wildman–Crippen MR) is 150 cm³/mol. The number of hydrogen-bond acceptors (Lipinski definition) is 10. The molecule has 2 heterocycles. The number of aromatic nitrogens is 2. The van der Waals surface area contributed by atoms with Gasteiger partial charge in [0.25, 0.3) is 10.0 Å². The third-order valence-corrected chi connectivity index (χ3v) is 9.11. The number of hydrogen-bond donors (Lipinski definition) is 1. The summed E-state index contributed by atoms with van der Waals surface area (Å²) in [6.45, 7) is 7.36. The minimum atomic E-state index is -4.21. The molecule has 0 saturated carbocycles. The third kappa shape index (κ3) is 6.32. The van der Waals surface area contributed by atoms with E-state index in [1.807, 2.05) is 19.9 Å². The Balaban J connectivity index is 1.63. The van der Waals surface area contributed by atoms with Crippen molar-refractivity contribution in [3.63, 3.8) is 0 Å². The van der Waals surface area contributed by atoms with Gasteiger partial charge in [-0.2, -0.15) is 4.98 Å². The highest BCUT2D eigenvalue weighted by atomic mass is 32.2. The molecule has 40 heavy (non-hydrogen) atoms. The third-order valence-electron chi connectivity index (χ3n) is 5.80. The summed E-state index contributed by atoms with van der Waals surface area (Å²) in [5, 5.41) is 6.52. The van der Waals surface area contributed by atoms with Crippen LogP contribution in [0, 0.1) is 13.8 Å². The van der Waals surface area contributed by atoms with E-state index in [1.54, 1.807) is 50.2 Å². The Morgan fingerprint density at radius 3 is 2.48 bits per heavy atom. The van der Waals surface area contributed by atoms with Crippen molar-refractivity contribution < 1.29 is 32.0 Å². The summed E-state index contributed by atoms with van der Waals surface area (Å²) in [5.74, 6) is -0.934. The summed E-state index contributed by atoms with van der Waals surface area (Å²) >= 11 is 0.889. The number of rotatable bonds is 11. The molecule has 4 aromatic rings. The molecule has 0 atom stereocenters. The Kier molecular flexibility index (Phi) is 8.85. The number of thiophene rings is 1. The second-order valence-corrected chi connectivity index (χ2v) is 11.7. The summed E-state index contributed by atoms with van der Waals surface area (Å²) in [6, 6.07) is 15.0. The Morgan fingerprint density at radius 1 is 1.02 bits per heavy atom. The first-order valence-electron chi connectivity index (χ1n) is 12.4. The Morgan fingerprint density at radius 2 is 1.77 bits per heavy atom. The van der Waals surface area contributed by atoms with E-state index in [0.717, 1.165) is 21.2 Å². The van der Waals surface area contributed by atoms with Crippen molar-refractivity contribution >= 4 is 44.6 Å². The molecular formula is C27H28N4O7S2. The first-order valence-corrected chi connectivity index (χ1v) is 14.6. The first kappa shape index (κ1) is 28.8. The lowest BCUT2D eigenvalue weighted by atomic mass is 10.1. The second-order valence-electron chi connectivity index (χ2n) is 8.50. The van der Waals surface area contributed by atoms with Crippen LogP contribution in [0.5, 0.6) is 5.75 Å². The van der Waals surface area contributed by atoms with Crippen LogP contribution < -0.4 is 14.4 Å². The molecule has 0 aliphatic rings. The van der Waals surface area contributed by atoms with Crippen LogP contribution in [0.2, 0.25) is 0 Å². The molecule has 2 aromatic carbocycles. The lowest BCUT2D eigenvalue weighted by Gasteiger charge is -2.25. The molecule has 0 bridgehead atoms. The molecule has 2 aromatic heterocycles. The summed E-state index contributed by atoms with van der Waals surface area (Å²) in [4.78, 5) is 29.4. The molecule has 0 aliphatic carbocycles. The van der Waals surface area contributed by atoms with Gasteiger partial charge in [-0.3, -0.25) is 9.10 Å². The minimum Gasteiger partial charge on any atom is -0.494 e. The quantitative estimate of drug-likeness (QED) is 0.246. The van der Waals surface area contributed by atoms with E-state index in [4.69, 9.17) is 14.0 Å². The lowest BCUT2D eigenvalue weighted by molar-refractivity contribution is -0.114. The summed E-state index contributed by atoms with van der Waals surface area (Å²) in [5.41, 5.74) is 2.46. The number of sulfonamides is 1. The van der Waals surface area contributed by atoms with Crippen molar-refractivity contribution in [3.05, 3.63) is 71.6 Å². The SMILES string of the molecule is CCOC(=O)c1nc(-c2ccc(S(=O)(=O)N(CC(=O)Nc3ccc(OCC)cc3)c3cccc(C)c3C)s2)no1. The second kappa shape index (κ2) is 12.3. The number of amides is 1. The maximum atomic E-state index is 13.9. The van der Waals surface area contributed by atoms with Crippen LogP contribution in [0.15, 0.2) is 63.3 Å². The van der Waals surface area contributed by atoms with Gasteiger partial charge in [-0.15, -0.1) is 11.3 Å². The fraction of sp³-hybridized carbons (Fsp3) is 0.259. The van der Waals surface area contributed by atoms with Gasteiger partial charge >= 0.3 is 11.9 Å². The van der Waals surface area contributed by atoms with Crippen molar-refractivity contribution in [1.29, 1.82) is 0 Å². The van der Waals surface area contributed by atoms with Gasteiger partial charge in [-0.25, -0.2) is 13.2 Å². The lowest BCUT2D eigenvalue weighted by Crippen LogP contribution is -2.38. The molecule has 1 N–H and O–H groups in total. The zero-order valence-corrected chi connectivity index (χ0v) is 24.0. The number of ether oxygens (including phenoxy) is 2. The zero-order chi connectivity index (χ0) is 28.9. The average Bonchev–Trinajstić information content (AvgIpc) is 3.61. The van der Waals surface area contributed by atoms with Crippen LogP contribution in [0.1, 0.15) is 35.7 Å². The fourth-order valence-corrected chi connectivity index (χ4v) is 6.55. The molecule has 1 amide bonds. The van der Waals surface area contributed by atoms with E-state index in [0.29, 0.717) is 34.2 Å². The molecule has 0 saturated heterocycles. The van der Waals surface area contributed by atoms with Gasteiger partial charge in [0.2, 0.25) is 11.7 Å². The summed E-state index contributed by atoms with van der Waals surface area (Å²) in [7, 11) is -4.21. The van der Waals surface area contributed by atoms with Crippen LogP contribution in [0.3, 0.4) is 0 Å². The van der Waals surface area contributed by atoms with Gasteiger partial charge < -0.3 is 19.3 Å². The van der Waals surface area contributed by atoms with Gasteiger partial charge in [-0.1, -0.05) is 17.3 Å². The van der Waals surface area contributed by atoms with Crippen molar-refractivity contribution in [2.24, 2.45) is 0 Å². The monoisotopic (exact) mass is 584 g/mol. The van der Waals surface area contributed by atoms with Gasteiger partial charge in [0.05, 0.1) is 23.8 Å². The number of nitrogens with one attached hydrogen (secondary N) is 1. The summed E-state index contributed by atoms with van der Waals surface area (Å²) in [6.07, 6.45) is 0. The molecule has 0 unspecified atom stereocenters. The molecule has 11 nitrogen and oxygen atoms in total. The Labute approximate surface area is 235 Å². The minimum absolute atomic E-state index is 0.0419. The highest BCUT2D eigenvalue weighted by molar-refractivity contribution is 7.94. The number of aryl methyl sites for hydroxylation is 1. The summed E-state index contributed by atoms with van der Waals surface area (Å²) < 4.78 is 44.2. The van der Waals surface area contributed by atoms with Gasteiger partial charge in [0.15, 0.2) is 0 Å². The maximum Gasteiger partial charge on any atom is 0.397 e. The van der Waals surface area contributed by atoms with Gasteiger partial charge in [-0.05, 0) is 81.3 Å². The molecule has 0 fully saturated rings. The zero-order valence-electron chi connectivity index (χ0n) is 22.3. The van der Waals surface area contributed by atoms with Crippen LogP contribution >= 0.6 is 11.3 Å². The van der Waals surface area contributed by atoms with E-state index in [2.05, 4.69) is 15.5 Å². The molecule has 0 aliphatic heterocycles. The number of anilines is 2. The highest BCUT2D eigenvalue weighted by Crippen LogP contribution is 2.34. The molecule has 13 heteroatoms. The molecular weight excluding hydrogens is 556 g/mol. The topological polar surface area (TPSA) is 141 Å². The Hall–Kier alpha value is -4.23. The molecule has 210 valence electrons. The van der Waals surface area contributed by atoms with Crippen molar-refractivity contribution in [2.45, 2.75) is 31.9 Å². The van der Waals surface area contributed by atoms with Crippen LogP contribution in [-0.4, -0.2) is 50.2 Å². The smallest absolute Gasteiger partial charge is 0.397 e. The number of carbonyl (C=O) groups excluding carboxylic acids is 2. The molecule has 0 spiro atoms. The van der Waals surface area contributed by atoms with Crippen molar-refractivity contribution in [2.75, 3.05) is 29.4 Å². The van der Waals surface area contributed by atoms with E-state index >= 15 is 0 Å². The van der Waals surface area contributed by atoms with E-state index in [-0.39, 0.29) is 22.5 Å². The maximum absolute atomic E-state index is 13.9. The standard InChI is InChI=1S/C27H28N4O7S2/c1-5-36-20-12-10-19(11-13-20)28-23(32)16-31(21-9-7-8-17(3)18(21)4)40(34,35)24-15-14-22(39-24)25-29-26(38-30-25)27(33)37-6-2/h7-15H,5-6,16H2,1-4H3,(H,28,32). The predicted octanol–water partition coefficient (Wildman–Crippen LogP) is 4.82.